The Labute approximate surface area is 201 Å². The number of fused-ring (bicyclic) bond motifs is 3. The Bertz CT molecular complexity index is 1120. The lowest BCUT2D eigenvalue weighted by atomic mass is 9.98. The molecule has 1 saturated carbocycles. The fraction of sp³-hybridized carbons (Fsp3) is 0.423. The number of benzene rings is 2. The van der Waals surface area contributed by atoms with Gasteiger partial charge in [-0.3, -0.25) is 4.79 Å². The van der Waals surface area contributed by atoms with E-state index in [0.717, 1.165) is 27.2 Å². The van der Waals surface area contributed by atoms with Crippen molar-refractivity contribution >= 4 is 18.0 Å². The molecule has 2 aliphatic carbocycles. The molecule has 184 valence electrons. The van der Waals surface area contributed by atoms with Gasteiger partial charge in [-0.05, 0) is 35.1 Å². The van der Waals surface area contributed by atoms with Crippen molar-refractivity contribution in [2.24, 2.45) is 5.92 Å². The Morgan fingerprint density at radius 1 is 1.03 bits per heavy atom. The van der Waals surface area contributed by atoms with Crippen LogP contribution in [-0.2, 0) is 14.3 Å². The third kappa shape index (κ3) is 4.35. The molecule has 2 amide bonds. The number of aliphatic carboxylic acids is 1. The first kappa shape index (κ1) is 23.3. The molecule has 35 heavy (non-hydrogen) atoms. The number of carboxylic acids is 1. The number of alkyl halides is 2. The molecule has 2 fully saturated rings. The monoisotopic (exact) mass is 484 g/mol. The zero-order valence-corrected chi connectivity index (χ0v) is 19.0. The van der Waals surface area contributed by atoms with E-state index in [-0.39, 0.29) is 12.5 Å². The summed E-state index contributed by atoms with van der Waals surface area (Å²) < 4.78 is 33.3. The molecule has 0 spiro atoms. The SMILES string of the molecule is O=C(N[C@@H]1CCC[C@@H]1C(=O)N1CC(F)(F)C[C@@H]1C(=O)O)OCC1c2ccccc2-c2ccccc21. The average molecular weight is 484 g/mol. The Balaban J connectivity index is 1.24. The minimum absolute atomic E-state index is 0.114. The quantitative estimate of drug-likeness (QED) is 0.669. The van der Waals surface area contributed by atoms with Crippen molar-refractivity contribution < 1.29 is 33.0 Å². The van der Waals surface area contributed by atoms with Crippen LogP contribution in [0.1, 0.15) is 42.7 Å². The number of hydrogen-bond acceptors (Lipinski definition) is 4. The summed E-state index contributed by atoms with van der Waals surface area (Å²) in [7, 11) is 0. The summed E-state index contributed by atoms with van der Waals surface area (Å²) in [6.07, 6.45) is -0.0830. The number of rotatable bonds is 5. The van der Waals surface area contributed by atoms with Gasteiger partial charge in [0.2, 0.25) is 5.91 Å². The Hall–Kier alpha value is -3.49. The molecule has 0 unspecified atom stereocenters. The first-order chi connectivity index (χ1) is 16.7. The van der Waals surface area contributed by atoms with Gasteiger partial charge in [0.05, 0.1) is 12.5 Å². The van der Waals surface area contributed by atoms with Crippen molar-refractivity contribution in [3.63, 3.8) is 0 Å². The number of halogens is 2. The van der Waals surface area contributed by atoms with Gasteiger partial charge in [0.25, 0.3) is 5.92 Å². The summed E-state index contributed by atoms with van der Waals surface area (Å²) >= 11 is 0. The van der Waals surface area contributed by atoms with Crippen molar-refractivity contribution in [1.29, 1.82) is 0 Å². The van der Waals surface area contributed by atoms with Crippen LogP contribution in [-0.4, -0.2) is 59.1 Å². The van der Waals surface area contributed by atoms with E-state index in [1.165, 1.54) is 0 Å². The predicted molar refractivity (Wildman–Crippen MR) is 122 cm³/mol. The Kier molecular flexibility index (Phi) is 5.94. The van der Waals surface area contributed by atoms with Crippen LogP contribution in [0.5, 0.6) is 0 Å². The molecule has 2 aromatic rings. The van der Waals surface area contributed by atoms with Gasteiger partial charge in [-0.25, -0.2) is 18.4 Å². The summed E-state index contributed by atoms with van der Waals surface area (Å²) in [5, 5.41) is 12.0. The fourth-order valence-corrected chi connectivity index (χ4v) is 5.70. The van der Waals surface area contributed by atoms with Crippen LogP contribution in [0, 0.1) is 5.92 Å². The minimum Gasteiger partial charge on any atom is -0.480 e. The molecule has 0 radical (unpaired) electrons. The van der Waals surface area contributed by atoms with Crippen molar-refractivity contribution in [3.05, 3.63) is 59.7 Å². The average Bonchev–Trinajstić information content (AvgIpc) is 3.51. The van der Waals surface area contributed by atoms with Crippen LogP contribution in [0.4, 0.5) is 13.6 Å². The van der Waals surface area contributed by atoms with E-state index in [4.69, 9.17) is 4.74 Å². The predicted octanol–water partition coefficient (Wildman–Crippen LogP) is 4.01. The topological polar surface area (TPSA) is 95.9 Å². The molecule has 7 nitrogen and oxygen atoms in total. The van der Waals surface area contributed by atoms with Gasteiger partial charge in [0, 0.05) is 18.4 Å². The highest BCUT2D eigenvalue weighted by molar-refractivity contribution is 5.87. The van der Waals surface area contributed by atoms with Gasteiger partial charge >= 0.3 is 12.1 Å². The number of alkyl carbamates (subject to hydrolysis) is 1. The number of carboxylic acid groups (broad SMARTS) is 1. The molecule has 1 heterocycles. The summed E-state index contributed by atoms with van der Waals surface area (Å²) in [5.41, 5.74) is 4.36. The molecule has 0 bridgehead atoms. The lowest BCUT2D eigenvalue weighted by Gasteiger charge is -2.27. The molecule has 5 rings (SSSR count). The van der Waals surface area contributed by atoms with Crippen LogP contribution < -0.4 is 5.32 Å². The van der Waals surface area contributed by atoms with E-state index in [1.807, 2.05) is 48.5 Å². The van der Waals surface area contributed by atoms with Gasteiger partial charge in [-0.2, -0.15) is 0 Å². The molecular weight excluding hydrogens is 458 g/mol. The van der Waals surface area contributed by atoms with Gasteiger partial charge < -0.3 is 20.1 Å². The minimum atomic E-state index is -3.24. The molecule has 1 saturated heterocycles. The number of carbonyl (C=O) groups excluding carboxylic acids is 2. The number of carbonyl (C=O) groups is 3. The van der Waals surface area contributed by atoms with Gasteiger partial charge in [-0.1, -0.05) is 55.0 Å². The van der Waals surface area contributed by atoms with Crippen molar-refractivity contribution in [2.45, 2.75) is 49.6 Å². The molecule has 0 aromatic heterocycles. The van der Waals surface area contributed by atoms with Crippen LogP contribution in [0.2, 0.25) is 0 Å². The van der Waals surface area contributed by atoms with Crippen molar-refractivity contribution in [1.82, 2.24) is 10.2 Å². The van der Waals surface area contributed by atoms with E-state index >= 15 is 0 Å². The molecule has 9 heteroatoms. The first-order valence-corrected chi connectivity index (χ1v) is 11.8. The summed E-state index contributed by atoms with van der Waals surface area (Å²) in [5.74, 6) is -6.22. The zero-order chi connectivity index (χ0) is 24.7. The van der Waals surface area contributed by atoms with Crippen LogP contribution in [0.3, 0.4) is 0 Å². The standard InChI is InChI=1S/C26H26F2N2O5/c27-26(28)12-22(24(32)33)30(14-26)23(31)19-10-5-11-21(19)29-25(34)35-13-20-17-8-3-1-6-15(17)16-7-2-4-9-18(16)20/h1-4,6-9,19-22H,5,10-14H2,(H,29,34)(H,32,33)/t19-,21+,22+/m0/s1. The second-order valence-corrected chi connectivity index (χ2v) is 9.49. The second kappa shape index (κ2) is 8.94. The zero-order valence-electron chi connectivity index (χ0n) is 19.0. The Morgan fingerprint density at radius 3 is 2.29 bits per heavy atom. The number of ether oxygens (including phenoxy) is 1. The number of hydrogen-bond donors (Lipinski definition) is 2. The van der Waals surface area contributed by atoms with Gasteiger partial charge in [0.15, 0.2) is 0 Å². The highest BCUT2D eigenvalue weighted by Gasteiger charge is 2.52. The lowest BCUT2D eigenvalue weighted by Crippen LogP contribution is -2.49. The largest absolute Gasteiger partial charge is 0.480 e. The number of likely N-dealkylation sites (tertiary alicyclic amines) is 1. The molecule has 3 atom stereocenters. The number of nitrogens with one attached hydrogen (secondary N) is 1. The molecule has 1 aliphatic heterocycles. The fourth-order valence-electron chi connectivity index (χ4n) is 5.70. The van der Waals surface area contributed by atoms with Crippen LogP contribution >= 0.6 is 0 Å². The lowest BCUT2D eigenvalue weighted by molar-refractivity contribution is -0.150. The van der Waals surface area contributed by atoms with Gasteiger partial charge in [-0.15, -0.1) is 0 Å². The summed E-state index contributed by atoms with van der Waals surface area (Å²) in [6.45, 7) is -0.804. The maximum Gasteiger partial charge on any atom is 0.407 e. The first-order valence-electron chi connectivity index (χ1n) is 11.8. The second-order valence-electron chi connectivity index (χ2n) is 9.49. The van der Waals surface area contributed by atoms with Gasteiger partial charge in [0.1, 0.15) is 12.6 Å². The van der Waals surface area contributed by atoms with Crippen LogP contribution in [0.15, 0.2) is 48.5 Å². The third-order valence-corrected chi connectivity index (χ3v) is 7.32. The maximum absolute atomic E-state index is 13.9. The molecular formula is C26H26F2N2O5. The van der Waals surface area contributed by atoms with Crippen molar-refractivity contribution in [3.8, 4) is 11.1 Å². The van der Waals surface area contributed by atoms with E-state index in [0.29, 0.717) is 19.3 Å². The van der Waals surface area contributed by atoms with E-state index in [1.54, 1.807) is 0 Å². The number of amides is 2. The van der Waals surface area contributed by atoms with E-state index in [9.17, 15) is 28.3 Å². The van der Waals surface area contributed by atoms with E-state index in [2.05, 4.69) is 5.32 Å². The maximum atomic E-state index is 13.9. The van der Waals surface area contributed by atoms with Crippen LogP contribution in [0.25, 0.3) is 11.1 Å². The normalized spacial score (nSPS) is 24.6. The highest BCUT2D eigenvalue weighted by atomic mass is 19.3. The van der Waals surface area contributed by atoms with Crippen molar-refractivity contribution in [2.75, 3.05) is 13.2 Å². The summed E-state index contributed by atoms with van der Waals surface area (Å²) in [4.78, 5) is 37.9. The van der Waals surface area contributed by atoms with E-state index < -0.39 is 54.9 Å². The summed E-state index contributed by atoms with van der Waals surface area (Å²) in [6, 6.07) is 13.8. The number of nitrogens with zero attached hydrogens (tertiary/aromatic N) is 1. The highest BCUT2D eigenvalue weighted by Crippen LogP contribution is 2.44. The third-order valence-electron chi connectivity index (χ3n) is 7.32. The Morgan fingerprint density at radius 2 is 1.66 bits per heavy atom. The molecule has 2 aromatic carbocycles. The molecule has 2 N–H and O–H groups in total. The molecule has 3 aliphatic rings. The smallest absolute Gasteiger partial charge is 0.407 e.